The van der Waals surface area contributed by atoms with Gasteiger partial charge >= 0.3 is 0 Å². The van der Waals surface area contributed by atoms with Gasteiger partial charge in [0, 0.05) is 57.4 Å². The van der Waals surface area contributed by atoms with Gasteiger partial charge in [0.05, 0.1) is 18.1 Å². The molecular formula is C26H30N4O5S. The number of ketones is 1. The number of hydrogen-bond donors (Lipinski definition) is 0. The SMILES string of the molecule is COCCCN1C(=O)c2cccc3c(CC(=O)C4CCCCN4S(=O)(=O)c4cn(C)cn4)ccc1c23. The van der Waals surface area contributed by atoms with Crippen molar-refractivity contribution < 1.29 is 22.7 Å². The van der Waals surface area contributed by atoms with Crippen molar-refractivity contribution in [3.05, 3.63) is 54.0 Å². The van der Waals surface area contributed by atoms with E-state index in [1.807, 2.05) is 30.3 Å². The molecule has 1 unspecified atom stereocenters. The number of hydrogen-bond acceptors (Lipinski definition) is 6. The van der Waals surface area contributed by atoms with Gasteiger partial charge in [0.25, 0.3) is 15.9 Å². The van der Waals surface area contributed by atoms with Crippen LogP contribution in [-0.2, 0) is 33.0 Å². The van der Waals surface area contributed by atoms with Crippen molar-refractivity contribution in [3.8, 4) is 0 Å². The Balaban J connectivity index is 1.44. The first-order chi connectivity index (χ1) is 17.3. The maximum Gasteiger partial charge on any atom is 0.262 e. The summed E-state index contributed by atoms with van der Waals surface area (Å²) in [6, 6.07) is 8.64. The molecule has 0 bridgehead atoms. The van der Waals surface area contributed by atoms with E-state index in [-0.39, 0.29) is 23.1 Å². The van der Waals surface area contributed by atoms with Crippen LogP contribution in [0.15, 0.2) is 47.9 Å². The molecule has 2 aromatic carbocycles. The Morgan fingerprint density at radius 1 is 1.19 bits per heavy atom. The zero-order chi connectivity index (χ0) is 25.4. The molecule has 1 aromatic heterocycles. The van der Waals surface area contributed by atoms with Crippen LogP contribution < -0.4 is 4.90 Å². The highest BCUT2D eigenvalue weighted by atomic mass is 32.2. The lowest BCUT2D eigenvalue weighted by Crippen LogP contribution is -2.48. The van der Waals surface area contributed by atoms with Crippen LogP contribution in [0.4, 0.5) is 5.69 Å². The number of aryl methyl sites for hydroxylation is 1. The summed E-state index contributed by atoms with van der Waals surface area (Å²) in [4.78, 5) is 32.4. The van der Waals surface area contributed by atoms with Crippen LogP contribution in [0.1, 0.15) is 41.6 Å². The molecule has 0 N–H and O–H groups in total. The van der Waals surface area contributed by atoms with E-state index in [2.05, 4.69) is 4.98 Å². The number of benzene rings is 2. The molecule has 0 spiro atoms. The summed E-state index contributed by atoms with van der Waals surface area (Å²) < 4.78 is 34.7. The van der Waals surface area contributed by atoms with Crippen molar-refractivity contribution in [2.45, 2.75) is 43.2 Å². The summed E-state index contributed by atoms with van der Waals surface area (Å²) in [5.74, 6) is -0.189. The summed E-state index contributed by atoms with van der Waals surface area (Å²) in [7, 11) is -0.530. The number of sulfonamides is 1. The van der Waals surface area contributed by atoms with E-state index in [0.29, 0.717) is 38.1 Å². The number of Topliss-reactive ketones (excluding diaryl/α,β-unsaturated/α-hetero) is 1. The lowest BCUT2D eigenvalue weighted by atomic mass is 9.93. The topological polar surface area (TPSA) is 102 Å². The lowest BCUT2D eigenvalue weighted by Gasteiger charge is -2.33. The normalized spacial score (nSPS) is 18.3. The Hall–Kier alpha value is -3.08. The molecule has 5 rings (SSSR count). The van der Waals surface area contributed by atoms with Gasteiger partial charge in [0.15, 0.2) is 10.8 Å². The molecular weight excluding hydrogens is 480 g/mol. The van der Waals surface area contributed by atoms with Crippen LogP contribution in [0.2, 0.25) is 0 Å². The summed E-state index contributed by atoms with van der Waals surface area (Å²) in [6.07, 6.45) is 5.71. The Morgan fingerprint density at radius 3 is 2.78 bits per heavy atom. The first kappa shape index (κ1) is 24.6. The quantitative estimate of drug-likeness (QED) is 0.410. The van der Waals surface area contributed by atoms with E-state index in [1.54, 1.807) is 23.6 Å². The molecule has 1 fully saturated rings. The molecule has 0 aliphatic carbocycles. The molecule has 2 aliphatic rings. The third-order valence-corrected chi connectivity index (χ3v) is 8.84. The zero-order valence-electron chi connectivity index (χ0n) is 20.5. The number of anilines is 1. The van der Waals surface area contributed by atoms with E-state index in [9.17, 15) is 18.0 Å². The average Bonchev–Trinajstić information content (AvgIpc) is 3.44. The predicted octanol–water partition coefficient (Wildman–Crippen LogP) is 2.93. The minimum Gasteiger partial charge on any atom is -0.385 e. The average molecular weight is 511 g/mol. The van der Waals surface area contributed by atoms with Gasteiger partial charge in [-0.15, -0.1) is 0 Å². The van der Waals surface area contributed by atoms with Crippen molar-refractivity contribution in [2.75, 3.05) is 31.7 Å². The largest absolute Gasteiger partial charge is 0.385 e. The highest BCUT2D eigenvalue weighted by Gasteiger charge is 2.39. The van der Waals surface area contributed by atoms with Gasteiger partial charge in [-0.3, -0.25) is 9.59 Å². The van der Waals surface area contributed by atoms with E-state index < -0.39 is 16.1 Å². The number of nitrogens with zero attached hydrogens (tertiary/aromatic N) is 4. The van der Waals surface area contributed by atoms with Crippen molar-refractivity contribution in [3.63, 3.8) is 0 Å². The molecule has 10 heteroatoms. The van der Waals surface area contributed by atoms with Gasteiger partial charge in [-0.2, -0.15) is 4.31 Å². The van der Waals surface area contributed by atoms with Crippen molar-refractivity contribution in [2.24, 2.45) is 7.05 Å². The van der Waals surface area contributed by atoms with E-state index in [4.69, 9.17) is 4.74 Å². The summed E-state index contributed by atoms with van der Waals surface area (Å²) >= 11 is 0. The Bertz CT molecular complexity index is 1430. The number of piperidine rings is 1. The lowest BCUT2D eigenvalue weighted by molar-refractivity contribution is -0.122. The number of carbonyl (C=O) groups excluding carboxylic acids is 2. The fourth-order valence-corrected chi connectivity index (χ4v) is 6.96. The standard InChI is InChI=1S/C26H30N4O5S/c1-28-16-24(27-17-28)36(33,34)30-13-4-3-9-21(30)23(31)15-18-10-11-22-25-19(18)7-5-8-20(25)26(32)29(22)12-6-14-35-2/h5,7-8,10-11,16-17,21H,3-4,6,9,12-15H2,1-2H3. The number of ether oxygens (including phenoxy) is 1. The maximum absolute atomic E-state index is 13.6. The van der Waals surface area contributed by atoms with Gasteiger partial charge in [0.1, 0.15) is 0 Å². The molecule has 1 atom stereocenters. The van der Waals surface area contributed by atoms with Crippen LogP contribution in [0.5, 0.6) is 0 Å². The third-order valence-electron chi connectivity index (χ3n) is 7.05. The second-order valence-corrected chi connectivity index (χ2v) is 11.3. The fourth-order valence-electron chi connectivity index (χ4n) is 5.31. The van der Waals surface area contributed by atoms with Crippen LogP contribution >= 0.6 is 0 Å². The number of amides is 1. The second kappa shape index (κ2) is 9.76. The van der Waals surface area contributed by atoms with E-state index in [1.165, 1.54) is 16.8 Å². The first-order valence-corrected chi connectivity index (χ1v) is 13.6. The second-order valence-electron chi connectivity index (χ2n) is 9.42. The third kappa shape index (κ3) is 4.23. The fraction of sp³-hybridized carbons (Fsp3) is 0.423. The van der Waals surface area contributed by atoms with Crippen molar-refractivity contribution >= 4 is 38.2 Å². The van der Waals surface area contributed by atoms with Gasteiger partial charge in [-0.1, -0.05) is 24.6 Å². The molecule has 3 aromatic rings. The summed E-state index contributed by atoms with van der Waals surface area (Å²) in [5, 5.41) is 1.67. The van der Waals surface area contributed by atoms with E-state index in [0.717, 1.165) is 34.9 Å². The monoisotopic (exact) mass is 510 g/mol. The molecule has 9 nitrogen and oxygen atoms in total. The molecule has 1 amide bonds. The predicted molar refractivity (Wildman–Crippen MR) is 136 cm³/mol. The van der Waals surface area contributed by atoms with Crippen molar-refractivity contribution in [1.29, 1.82) is 0 Å². The molecule has 36 heavy (non-hydrogen) atoms. The Labute approximate surface area is 210 Å². The summed E-state index contributed by atoms with van der Waals surface area (Å²) in [6.45, 7) is 1.41. The Morgan fingerprint density at radius 2 is 2.03 bits per heavy atom. The zero-order valence-corrected chi connectivity index (χ0v) is 21.3. The molecule has 1 saturated heterocycles. The maximum atomic E-state index is 13.6. The minimum absolute atomic E-state index is 0.0397. The van der Waals surface area contributed by atoms with Crippen LogP contribution in [0, 0.1) is 0 Å². The number of carbonyl (C=O) groups is 2. The van der Waals surface area contributed by atoms with Gasteiger partial charge < -0.3 is 14.2 Å². The molecule has 3 heterocycles. The number of imidazole rings is 1. The van der Waals surface area contributed by atoms with Gasteiger partial charge in [0.2, 0.25) is 0 Å². The molecule has 190 valence electrons. The molecule has 0 saturated carbocycles. The van der Waals surface area contributed by atoms with Crippen LogP contribution in [0.25, 0.3) is 10.8 Å². The van der Waals surface area contributed by atoms with Crippen molar-refractivity contribution in [1.82, 2.24) is 13.9 Å². The Kier molecular flexibility index (Phi) is 6.67. The van der Waals surface area contributed by atoms with Gasteiger partial charge in [-0.05, 0) is 42.3 Å². The highest BCUT2D eigenvalue weighted by molar-refractivity contribution is 7.89. The number of aromatic nitrogens is 2. The minimum atomic E-state index is -3.88. The molecule has 0 radical (unpaired) electrons. The molecule has 2 aliphatic heterocycles. The van der Waals surface area contributed by atoms with E-state index >= 15 is 0 Å². The first-order valence-electron chi connectivity index (χ1n) is 12.2. The van der Waals surface area contributed by atoms with Gasteiger partial charge in [-0.25, -0.2) is 13.4 Å². The smallest absolute Gasteiger partial charge is 0.262 e. The highest BCUT2D eigenvalue weighted by Crippen LogP contribution is 2.39. The number of rotatable bonds is 9. The van der Waals surface area contributed by atoms with Crippen LogP contribution in [-0.4, -0.2) is 66.8 Å². The number of methoxy groups -OCH3 is 1. The summed E-state index contributed by atoms with van der Waals surface area (Å²) in [5.41, 5.74) is 2.27. The van der Waals surface area contributed by atoms with Crippen LogP contribution in [0.3, 0.4) is 0 Å².